The third kappa shape index (κ3) is 4.23. The lowest BCUT2D eigenvalue weighted by Gasteiger charge is -1.94. The summed E-state index contributed by atoms with van der Waals surface area (Å²) in [5.74, 6) is 2.93. The summed E-state index contributed by atoms with van der Waals surface area (Å²) in [5, 5.41) is 7.88. The van der Waals surface area contributed by atoms with Crippen LogP contribution in [0.3, 0.4) is 0 Å². The second-order valence-electron chi connectivity index (χ2n) is 3.80. The van der Waals surface area contributed by atoms with Crippen molar-refractivity contribution in [3.8, 4) is 12.0 Å². The highest BCUT2D eigenvalue weighted by atomic mass is 15.1. The summed E-state index contributed by atoms with van der Waals surface area (Å²) in [6, 6.07) is 22.7. The van der Waals surface area contributed by atoms with Crippen molar-refractivity contribution in [1.82, 2.24) is 0 Å². The van der Waals surface area contributed by atoms with E-state index in [2.05, 4.69) is 34.3 Å². The highest BCUT2D eigenvalue weighted by molar-refractivity contribution is 5.33. The van der Waals surface area contributed by atoms with Gasteiger partial charge in [0, 0.05) is 5.56 Å². The van der Waals surface area contributed by atoms with Gasteiger partial charge in [0.1, 0.15) is 0 Å². The summed E-state index contributed by atoms with van der Waals surface area (Å²) in [5.41, 5.74) is 2.23. The van der Waals surface area contributed by atoms with Crippen LogP contribution in [0.5, 0.6) is 0 Å². The van der Waals surface area contributed by atoms with Gasteiger partial charge in [0.05, 0.1) is 12.6 Å². The van der Waals surface area contributed by atoms with Crippen LogP contribution in [-0.4, -0.2) is 6.54 Å². The van der Waals surface area contributed by atoms with E-state index in [0.29, 0.717) is 6.54 Å². The standard InChI is InChI=1S/C16H14N2/c1-3-7-15(8-4-1)11-13-17-18-14-12-16-9-5-2-6-10-16/h1-10H,11,13H2. The lowest BCUT2D eigenvalue weighted by atomic mass is 10.2. The monoisotopic (exact) mass is 234 g/mol. The summed E-state index contributed by atoms with van der Waals surface area (Å²) < 4.78 is 0. The average molecular weight is 234 g/mol. The maximum absolute atomic E-state index is 4.03. The molecule has 0 aliphatic carbocycles. The molecule has 0 spiro atoms. The quantitative estimate of drug-likeness (QED) is 0.571. The van der Waals surface area contributed by atoms with Crippen molar-refractivity contribution in [1.29, 1.82) is 0 Å². The molecule has 0 N–H and O–H groups in total. The molecule has 0 atom stereocenters. The molecular weight excluding hydrogens is 220 g/mol. The van der Waals surface area contributed by atoms with Gasteiger partial charge in [0.2, 0.25) is 0 Å². The topological polar surface area (TPSA) is 24.7 Å². The van der Waals surface area contributed by atoms with Crippen LogP contribution in [0.4, 0.5) is 0 Å². The third-order valence-electron chi connectivity index (χ3n) is 2.44. The van der Waals surface area contributed by atoms with E-state index in [4.69, 9.17) is 0 Å². The van der Waals surface area contributed by atoms with Crippen LogP contribution in [0, 0.1) is 12.0 Å². The summed E-state index contributed by atoms with van der Waals surface area (Å²) in [7, 11) is 0. The first-order valence-corrected chi connectivity index (χ1v) is 5.91. The largest absolute Gasteiger partial charge is 0.179 e. The number of nitrogens with zero attached hydrogens (tertiary/aromatic N) is 2. The van der Waals surface area contributed by atoms with Gasteiger partial charge in [0.15, 0.2) is 0 Å². The Morgan fingerprint density at radius 3 is 2.22 bits per heavy atom. The van der Waals surface area contributed by atoms with Crippen LogP contribution in [0.25, 0.3) is 0 Å². The van der Waals surface area contributed by atoms with E-state index in [1.54, 1.807) is 0 Å². The van der Waals surface area contributed by atoms with Gasteiger partial charge in [-0.2, -0.15) is 5.11 Å². The highest BCUT2D eigenvalue weighted by Gasteiger charge is 1.88. The van der Waals surface area contributed by atoms with Crippen LogP contribution in [0.15, 0.2) is 70.9 Å². The van der Waals surface area contributed by atoms with Gasteiger partial charge in [-0.3, -0.25) is 0 Å². The normalized spacial score (nSPS) is 10.0. The fraction of sp³-hybridized carbons (Fsp3) is 0.125. The molecule has 0 aromatic heterocycles. The van der Waals surface area contributed by atoms with Gasteiger partial charge in [-0.25, -0.2) is 0 Å². The zero-order valence-electron chi connectivity index (χ0n) is 10.1. The van der Waals surface area contributed by atoms with Gasteiger partial charge in [-0.1, -0.05) is 48.5 Å². The molecule has 2 heteroatoms. The first-order valence-electron chi connectivity index (χ1n) is 5.91. The number of rotatable bonds is 3. The Morgan fingerprint density at radius 2 is 1.50 bits per heavy atom. The van der Waals surface area contributed by atoms with Crippen molar-refractivity contribution < 1.29 is 0 Å². The van der Waals surface area contributed by atoms with Crippen molar-refractivity contribution in [2.45, 2.75) is 6.42 Å². The van der Waals surface area contributed by atoms with Crippen LogP contribution in [0.1, 0.15) is 11.1 Å². The van der Waals surface area contributed by atoms with E-state index in [9.17, 15) is 0 Å². The Morgan fingerprint density at radius 1 is 0.833 bits per heavy atom. The Bertz CT molecular complexity index is 548. The Balaban J connectivity index is 1.78. The molecule has 2 aromatic rings. The number of hydrogen-bond acceptors (Lipinski definition) is 2. The molecule has 0 amide bonds. The number of hydrogen-bond donors (Lipinski definition) is 0. The molecule has 0 unspecified atom stereocenters. The molecule has 0 heterocycles. The van der Waals surface area contributed by atoms with Gasteiger partial charge in [0.25, 0.3) is 0 Å². The first-order chi connectivity index (χ1) is 8.95. The van der Waals surface area contributed by atoms with E-state index >= 15 is 0 Å². The Hall–Kier alpha value is -2.40. The van der Waals surface area contributed by atoms with Crippen molar-refractivity contribution in [3.05, 3.63) is 71.8 Å². The smallest absolute Gasteiger partial charge is 0.0651 e. The predicted octanol–water partition coefficient (Wildman–Crippen LogP) is 3.69. The first kappa shape index (κ1) is 12.1. The number of benzene rings is 2. The molecule has 0 saturated heterocycles. The fourth-order valence-electron chi connectivity index (χ4n) is 1.52. The summed E-state index contributed by atoms with van der Waals surface area (Å²) in [6.07, 6.45) is 0.900. The minimum atomic E-state index is 0.674. The molecule has 88 valence electrons. The fourth-order valence-corrected chi connectivity index (χ4v) is 1.52. The van der Waals surface area contributed by atoms with E-state index in [-0.39, 0.29) is 0 Å². The van der Waals surface area contributed by atoms with Gasteiger partial charge < -0.3 is 0 Å². The van der Waals surface area contributed by atoms with E-state index in [1.807, 2.05) is 48.5 Å². The molecule has 0 fully saturated rings. The predicted molar refractivity (Wildman–Crippen MR) is 73.2 cm³/mol. The zero-order chi connectivity index (χ0) is 12.5. The lowest BCUT2D eigenvalue weighted by molar-refractivity contribution is 0.907. The zero-order valence-corrected chi connectivity index (χ0v) is 10.1. The Kier molecular flexibility index (Phi) is 4.71. The van der Waals surface area contributed by atoms with Crippen LogP contribution in [-0.2, 0) is 6.42 Å². The minimum absolute atomic E-state index is 0.674. The third-order valence-corrected chi connectivity index (χ3v) is 2.44. The lowest BCUT2D eigenvalue weighted by Crippen LogP contribution is -1.87. The SMILES string of the molecule is C(#Cc1ccccc1)N=NCCc1ccccc1. The van der Waals surface area contributed by atoms with Crippen LogP contribution < -0.4 is 0 Å². The molecule has 0 aliphatic heterocycles. The molecular formula is C16H14N2. The van der Waals surface area contributed by atoms with Crippen molar-refractivity contribution in [2.24, 2.45) is 10.2 Å². The molecule has 2 rings (SSSR count). The van der Waals surface area contributed by atoms with Crippen LogP contribution >= 0.6 is 0 Å². The average Bonchev–Trinajstić information content (AvgIpc) is 2.45. The molecule has 0 aliphatic rings. The molecule has 2 nitrogen and oxygen atoms in total. The molecule has 0 radical (unpaired) electrons. The van der Waals surface area contributed by atoms with Gasteiger partial charge in [-0.15, -0.1) is 5.11 Å². The van der Waals surface area contributed by atoms with Crippen LogP contribution in [0.2, 0.25) is 0 Å². The molecule has 18 heavy (non-hydrogen) atoms. The Labute approximate surface area is 107 Å². The second kappa shape index (κ2) is 7.03. The highest BCUT2D eigenvalue weighted by Crippen LogP contribution is 1.99. The number of azo groups is 1. The van der Waals surface area contributed by atoms with Gasteiger partial charge in [-0.05, 0) is 30.0 Å². The maximum atomic E-state index is 4.03. The van der Waals surface area contributed by atoms with Crippen molar-refractivity contribution in [2.75, 3.05) is 6.54 Å². The molecule has 0 bridgehead atoms. The molecule has 2 aromatic carbocycles. The second-order valence-corrected chi connectivity index (χ2v) is 3.80. The van der Waals surface area contributed by atoms with E-state index < -0.39 is 0 Å². The van der Waals surface area contributed by atoms with E-state index in [0.717, 1.165) is 12.0 Å². The summed E-state index contributed by atoms with van der Waals surface area (Å²) in [4.78, 5) is 0. The van der Waals surface area contributed by atoms with Crippen molar-refractivity contribution in [3.63, 3.8) is 0 Å². The van der Waals surface area contributed by atoms with Crippen molar-refractivity contribution >= 4 is 0 Å². The van der Waals surface area contributed by atoms with E-state index in [1.165, 1.54) is 5.56 Å². The summed E-state index contributed by atoms with van der Waals surface area (Å²) >= 11 is 0. The van der Waals surface area contributed by atoms with Gasteiger partial charge >= 0.3 is 0 Å². The minimum Gasteiger partial charge on any atom is -0.179 e. The molecule has 0 saturated carbocycles. The maximum Gasteiger partial charge on any atom is 0.0651 e. The summed E-state index contributed by atoms with van der Waals surface area (Å²) in [6.45, 7) is 0.674.